The van der Waals surface area contributed by atoms with Crippen molar-refractivity contribution in [2.45, 2.75) is 45.8 Å². The van der Waals surface area contributed by atoms with Crippen LogP contribution in [-0.4, -0.2) is 45.1 Å². The van der Waals surface area contributed by atoms with Crippen LogP contribution in [0.2, 0.25) is 5.02 Å². The number of benzene rings is 1. The fourth-order valence-electron chi connectivity index (χ4n) is 4.67. The zero-order valence-corrected chi connectivity index (χ0v) is 18.6. The molecular formula is C24H27ClN4O2. The molecule has 0 radical (unpaired) electrons. The molecule has 0 spiro atoms. The number of hydrogen-bond donors (Lipinski definition) is 0. The average Bonchev–Trinajstić information content (AvgIpc) is 3.53. The second-order valence-electron chi connectivity index (χ2n) is 8.30. The van der Waals surface area contributed by atoms with Crippen molar-refractivity contribution in [1.82, 2.24) is 19.6 Å². The van der Waals surface area contributed by atoms with Gasteiger partial charge in [0.15, 0.2) is 5.69 Å². The first-order chi connectivity index (χ1) is 15.1. The van der Waals surface area contributed by atoms with E-state index < -0.39 is 0 Å². The first kappa shape index (κ1) is 20.3. The summed E-state index contributed by atoms with van der Waals surface area (Å²) < 4.78 is 8.12. The SMILES string of the molecule is CCn1nc(C(=O)N2CCCC2)c2c1CCN(Cc1ccc(-c3ccccc3Cl)o1)C2. The van der Waals surface area contributed by atoms with Crippen molar-refractivity contribution in [3.8, 4) is 11.3 Å². The highest BCUT2D eigenvalue weighted by Crippen LogP contribution is 2.31. The molecule has 1 saturated heterocycles. The zero-order valence-electron chi connectivity index (χ0n) is 17.8. The van der Waals surface area contributed by atoms with E-state index in [1.807, 2.05) is 46.0 Å². The number of carbonyl (C=O) groups is 1. The van der Waals surface area contributed by atoms with Gasteiger partial charge >= 0.3 is 0 Å². The number of furan rings is 1. The zero-order chi connectivity index (χ0) is 21.4. The smallest absolute Gasteiger partial charge is 0.274 e. The van der Waals surface area contributed by atoms with Crippen LogP contribution in [0.25, 0.3) is 11.3 Å². The van der Waals surface area contributed by atoms with Gasteiger partial charge < -0.3 is 9.32 Å². The quantitative estimate of drug-likeness (QED) is 0.583. The number of rotatable bonds is 5. The number of fused-ring (bicyclic) bond motifs is 1. The summed E-state index contributed by atoms with van der Waals surface area (Å²) in [6, 6.07) is 11.7. The van der Waals surface area contributed by atoms with E-state index in [1.54, 1.807) is 0 Å². The number of likely N-dealkylation sites (tertiary alicyclic amines) is 1. The van der Waals surface area contributed by atoms with Gasteiger partial charge in [0.1, 0.15) is 11.5 Å². The minimum atomic E-state index is 0.0850. The van der Waals surface area contributed by atoms with Gasteiger partial charge in [0.25, 0.3) is 5.91 Å². The Bertz CT molecular complexity index is 1100. The first-order valence-electron chi connectivity index (χ1n) is 11.1. The van der Waals surface area contributed by atoms with Crippen LogP contribution in [0.15, 0.2) is 40.8 Å². The van der Waals surface area contributed by atoms with E-state index in [4.69, 9.17) is 21.1 Å². The number of aryl methyl sites for hydroxylation is 1. The maximum Gasteiger partial charge on any atom is 0.274 e. The van der Waals surface area contributed by atoms with Gasteiger partial charge in [-0.05, 0) is 44.0 Å². The van der Waals surface area contributed by atoms with Crippen LogP contribution >= 0.6 is 11.6 Å². The van der Waals surface area contributed by atoms with E-state index in [9.17, 15) is 4.79 Å². The summed E-state index contributed by atoms with van der Waals surface area (Å²) in [5.74, 6) is 1.76. The van der Waals surface area contributed by atoms with E-state index in [-0.39, 0.29) is 5.91 Å². The lowest BCUT2D eigenvalue weighted by Gasteiger charge is -2.27. The average molecular weight is 439 g/mol. The molecule has 2 aliphatic rings. The molecule has 1 amide bonds. The van der Waals surface area contributed by atoms with Crippen molar-refractivity contribution in [2.24, 2.45) is 0 Å². The maximum absolute atomic E-state index is 13.1. The predicted molar refractivity (Wildman–Crippen MR) is 120 cm³/mol. The van der Waals surface area contributed by atoms with E-state index in [1.165, 1.54) is 5.69 Å². The third-order valence-electron chi connectivity index (χ3n) is 6.29. The van der Waals surface area contributed by atoms with E-state index in [0.29, 0.717) is 23.8 Å². The molecule has 6 nitrogen and oxygen atoms in total. The van der Waals surface area contributed by atoms with Gasteiger partial charge in [-0.15, -0.1) is 0 Å². The molecule has 3 aromatic rings. The molecule has 4 heterocycles. The highest BCUT2D eigenvalue weighted by Gasteiger charge is 2.31. The van der Waals surface area contributed by atoms with Gasteiger partial charge in [-0.2, -0.15) is 5.10 Å². The third kappa shape index (κ3) is 3.90. The van der Waals surface area contributed by atoms with Crippen LogP contribution < -0.4 is 0 Å². The van der Waals surface area contributed by atoms with Gasteiger partial charge in [0.2, 0.25) is 0 Å². The van der Waals surface area contributed by atoms with Crippen molar-refractivity contribution >= 4 is 17.5 Å². The fourth-order valence-corrected chi connectivity index (χ4v) is 4.90. The Morgan fingerprint density at radius 1 is 1.13 bits per heavy atom. The van der Waals surface area contributed by atoms with Gasteiger partial charge in [-0.1, -0.05) is 23.7 Å². The highest BCUT2D eigenvalue weighted by atomic mass is 35.5. The molecule has 7 heteroatoms. The van der Waals surface area contributed by atoms with Crippen LogP contribution in [-0.2, 0) is 26.1 Å². The fraction of sp³-hybridized carbons (Fsp3) is 0.417. The molecule has 1 fully saturated rings. The van der Waals surface area contributed by atoms with Crippen LogP contribution in [0, 0.1) is 0 Å². The Kier molecular flexibility index (Phi) is 5.59. The van der Waals surface area contributed by atoms with Gasteiger partial charge in [0, 0.05) is 56.0 Å². The second-order valence-corrected chi connectivity index (χ2v) is 8.70. The van der Waals surface area contributed by atoms with Crippen LogP contribution in [0.1, 0.15) is 47.3 Å². The Morgan fingerprint density at radius 3 is 2.71 bits per heavy atom. The minimum absolute atomic E-state index is 0.0850. The third-order valence-corrected chi connectivity index (χ3v) is 6.62. The van der Waals surface area contributed by atoms with Crippen LogP contribution in [0.3, 0.4) is 0 Å². The van der Waals surface area contributed by atoms with E-state index in [0.717, 1.165) is 68.1 Å². The highest BCUT2D eigenvalue weighted by molar-refractivity contribution is 6.33. The normalized spacial score (nSPS) is 16.6. The van der Waals surface area contributed by atoms with E-state index >= 15 is 0 Å². The lowest BCUT2D eigenvalue weighted by atomic mass is 10.0. The van der Waals surface area contributed by atoms with Gasteiger partial charge in [-0.3, -0.25) is 14.4 Å². The van der Waals surface area contributed by atoms with Gasteiger partial charge in [0.05, 0.1) is 11.6 Å². The molecule has 0 N–H and O–H groups in total. The lowest BCUT2D eigenvalue weighted by Crippen LogP contribution is -2.33. The summed E-state index contributed by atoms with van der Waals surface area (Å²) in [5.41, 5.74) is 3.83. The molecule has 162 valence electrons. The number of hydrogen-bond acceptors (Lipinski definition) is 4. The molecule has 0 unspecified atom stereocenters. The summed E-state index contributed by atoms with van der Waals surface area (Å²) in [5, 5.41) is 5.39. The Labute approximate surface area is 187 Å². The van der Waals surface area contributed by atoms with Crippen molar-refractivity contribution < 1.29 is 9.21 Å². The van der Waals surface area contributed by atoms with Crippen molar-refractivity contribution in [1.29, 1.82) is 0 Å². The van der Waals surface area contributed by atoms with Gasteiger partial charge in [-0.25, -0.2) is 0 Å². The Morgan fingerprint density at radius 2 is 1.94 bits per heavy atom. The minimum Gasteiger partial charge on any atom is -0.460 e. The molecule has 1 aromatic carbocycles. The standard InChI is InChI=1S/C24H27ClN4O2/c1-2-29-21-11-14-27(16-19(21)23(26-29)24(30)28-12-5-6-13-28)15-17-9-10-22(31-17)18-7-3-4-8-20(18)25/h3-4,7-10H,2,5-6,11-16H2,1H3. The number of carbonyl (C=O) groups excluding carboxylic acids is 1. The summed E-state index contributed by atoms with van der Waals surface area (Å²) in [6.45, 7) is 6.88. The summed E-state index contributed by atoms with van der Waals surface area (Å²) in [4.78, 5) is 17.4. The van der Waals surface area contributed by atoms with Crippen molar-refractivity contribution in [3.05, 3.63) is 64.1 Å². The Hall–Kier alpha value is -2.57. The van der Waals surface area contributed by atoms with Crippen molar-refractivity contribution in [2.75, 3.05) is 19.6 Å². The molecule has 5 rings (SSSR count). The first-order valence-corrected chi connectivity index (χ1v) is 11.5. The van der Waals surface area contributed by atoms with E-state index in [2.05, 4.69) is 11.8 Å². The summed E-state index contributed by atoms with van der Waals surface area (Å²) in [6.07, 6.45) is 3.06. The molecular weight excluding hydrogens is 412 g/mol. The predicted octanol–water partition coefficient (Wildman–Crippen LogP) is 4.61. The van der Waals surface area contributed by atoms with Crippen molar-refractivity contribution in [3.63, 3.8) is 0 Å². The molecule has 0 aliphatic carbocycles. The summed E-state index contributed by atoms with van der Waals surface area (Å²) >= 11 is 6.32. The molecule has 31 heavy (non-hydrogen) atoms. The lowest BCUT2D eigenvalue weighted by molar-refractivity contribution is 0.0783. The summed E-state index contributed by atoms with van der Waals surface area (Å²) in [7, 11) is 0. The number of aromatic nitrogens is 2. The topological polar surface area (TPSA) is 54.5 Å². The van der Waals surface area contributed by atoms with Crippen LogP contribution in [0.4, 0.5) is 0 Å². The second kappa shape index (κ2) is 8.52. The Balaban J connectivity index is 1.35. The molecule has 0 bridgehead atoms. The largest absolute Gasteiger partial charge is 0.460 e. The molecule has 2 aromatic heterocycles. The molecule has 0 saturated carbocycles. The maximum atomic E-state index is 13.1. The monoisotopic (exact) mass is 438 g/mol. The molecule has 0 atom stereocenters. The number of nitrogens with zero attached hydrogens (tertiary/aromatic N) is 4. The molecule has 2 aliphatic heterocycles. The number of amides is 1. The van der Waals surface area contributed by atoms with Crippen LogP contribution in [0.5, 0.6) is 0 Å². The number of halogens is 1.